The van der Waals surface area contributed by atoms with Crippen molar-refractivity contribution in [3.8, 4) is 16.9 Å². The van der Waals surface area contributed by atoms with Crippen molar-refractivity contribution in [2.24, 2.45) is 5.92 Å². The highest BCUT2D eigenvalue weighted by Crippen LogP contribution is 2.35. The molecular weight excluding hydrogens is 570 g/mol. The number of carbonyl (C=O) groups is 2. The minimum atomic E-state index is -4.39. The maximum Gasteiger partial charge on any atom is 0.316 e. The van der Waals surface area contributed by atoms with Gasteiger partial charge in [0.05, 0.1) is 24.1 Å². The van der Waals surface area contributed by atoms with Crippen molar-refractivity contribution in [1.29, 1.82) is 0 Å². The van der Waals surface area contributed by atoms with E-state index in [4.69, 9.17) is 27.9 Å². The van der Waals surface area contributed by atoms with Crippen molar-refractivity contribution < 1.29 is 32.2 Å². The molecule has 3 aromatic rings. The monoisotopic (exact) mass is 594 g/mol. The molecule has 1 aliphatic heterocycles. The fourth-order valence-electron chi connectivity index (χ4n) is 4.63. The number of carboxylic acids is 1. The van der Waals surface area contributed by atoms with Crippen molar-refractivity contribution in [3.63, 3.8) is 0 Å². The predicted octanol–water partition coefficient (Wildman–Crippen LogP) is 4.85. The third kappa shape index (κ3) is 6.42. The molecule has 0 bridgehead atoms. The summed E-state index contributed by atoms with van der Waals surface area (Å²) >= 11 is 12.0. The lowest BCUT2D eigenvalue weighted by Crippen LogP contribution is -2.46. The molecule has 3 atom stereocenters. The average molecular weight is 595 g/mol. The second-order valence-electron chi connectivity index (χ2n) is 9.01. The van der Waals surface area contributed by atoms with Crippen molar-refractivity contribution in [1.82, 2.24) is 10.0 Å². The zero-order valence-electron chi connectivity index (χ0n) is 20.7. The second kappa shape index (κ2) is 12.0. The van der Waals surface area contributed by atoms with Gasteiger partial charge in [-0.05, 0) is 54.8 Å². The summed E-state index contributed by atoms with van der Waals surface area (Å²) in [4.78, 5) is 25.5. The van der Waals surface area contributed by atoms with Crippen LogP contribution in [0.15, 0.2) is 65.6 Å². The first-order chi connectivity index (χ1) is 18.5. The summed E-state index contributed by atoms with van der Waals surface area (Å²) in [6, 6.07) is 12.0. The molecule has 8 nitrogen and oxygen atoms in total. The molecule has 1 saturated heterocycles. The molecular formula is C27H25Cl2FN2O6S. The molecule has 0 amide bonds. The average Bonchev–Trinajstić information content (AvgIpc) is 3.43. The molecule has 3 aromatic carbocycles. The number of ketones is 1. The van der Waals surface area contributed by atoms with Gasteiger partial charge in [0, 0.05) is 15.6 Å². The van der Waals surface area contributed by atoms with Gasteiger partial charge in [0.1, 0.15) is 5.92 Å². The molecule has 12 heteroatoms. The van der Waals surface area contributed by atoms with Crippen LogP contribution in [0.25, 0.3) is 11.1 Å². The summed E-state index contributed by atoms with van der Waals surface area (Å²) in [7, 11) is -3.05. The molecule has 1 fully saturated rings. The fraction of sp³-hybridized carbons (Fsp3) is 0.259. The number of aliphatic carboxylic acids is 1. The Labute approximate surface area is 235 Å². The third-order valence-corrected chi connectivity index (χ3v) is 8.35. The number of ether oxygens (including phenoxy) is 1. The van der Waals surface area contributed by atoms with Crippen LogP contribution in [0, 0.1) is 11.7 Å². The summed E-state index contributed by atoms with van der Waals surface area (Å²) in [5, 5.41) is 13.2. The number of carbonyl (C=O) groups excluding carboxylic acids is 1. The van der Waals surface area contributed by atoms with E-state index in [0.717, 1.165) is 0 Å². The van der Waals surface area contributed by atoms with Gasteiger partial charge in [-0.15, -0.1) is 0 Å². The summed E-state index contributed by atoms with van der Waals surface area (Å²) < 4.78 is 48.6. The van der Waals surface area contributed by atoms with Crippen LogP contribution in [0.2, 0.25) is 10.0 Å². The number of halogens is 3. The number of benzene rings is 3. The van der Waals surface area contributed by atoms with E-state index in [1.54, 1.807) is 18.2 Å². The van der Waals surface area contributed by atoms with Crippen LogP contribution in [-0.2, 0) is 19.6 Å². The molecule has 3 N–H and O–H groups in total. The van der Waals surface area contributed by atoms with E-state index in [2.05, 4.69) is 10.0 Å². The fourth-order valence-corrected chi connectivity index (χ4v) is 6.60. The number of methoxy groups -OCH3 is 1. The van der Waals surface area contributed by atoms with Gasteiger partial charge in [-0.2, -0.15) is 0 Å². The molecule has 1 unspecified atom stereocenters. The SMILES string of the molecule is COc1c(F)cccc1-c1ccc([C@H](NS(=O)(=O)c2cc(Cl)cc(Cl)c2)[C@H](C(=O)O)C(=O)C2CCCN2)cc1. The lowest BCUT2D eigenvalue weighted by Gasteiger charge is -2.27. The summed E-state index contributed by atoms with van der Waals surface area (Å²) in [6.45, 7) is 0.546. The number of hydrogen-bond acceptors (Lipinski definition) is 6. The first kappa shape index (κ1) is 29.0. The number of para-hydroxylation sites is 1. The van der Waals surface area contributed by atoms with Crippen LogP contribution >= 0.6 is 23.2 Å². The smallest absolute Gasteiger partial charge is 0.316 e. The highest BCUT2D eigenvalue weighted by Gasteiger charge is 2.42. The molecule has 0 radical (unpaired) electrons. The number of rotatable bonds is 10. The predicted molar refractivity (Wildman–Crippen MR) is 145 cm³/mol. The Morgan fingerprint density at radius 2 is 1.77 bits per heavy atom. The van der Waals surface area contributed by atoms with Crippen LogP contribution < -0.4 is 14.8 Å². The van der Waals surface area contributed by atoms with Gasteiger partial charge in [0.25, 0.3) is 0 Å². The molecule has 1 heterocycles. The van der Waals surface area contributed by atoms with E-state index in [1.807, 2.05) is 0 Å². The molecule has 4 rings (SSSR count). The normalized spacial score (nSPS) is 17.0. The highest BCUT2D eigenvalue weighted by atomic mass is 35.5. The number of nitrogens with one attached hydrogen (secondary N) is 2. The van der Waals surface area contributed by atoms with Gasteiger partial charge in [0.15, 0.2) is 17.3 Å². The van der Waals surface area contributed by atoms with E-state index in [-0.39, 0.29) is 26.3 Å². The standard InChI is InChI=1S/C27H25Cl2FN2O6S/c1-38-26-20(4-2-5-21(26)30)15-7-9-16(10-8-15)24(23(27(34)35)25(33)22-6-3-11-31-22)32-39(36,37)19-13-17(28)12-18(29)14-19/h2,4-5,7-10,12-14,22-24,31-32H,3,6,11H2,1H3,(H,34,35)/t22?,23-,24-/m0/s1. The molecule has 206 valence electrons. The molecule has 39 heavy (non-hydrogen) atoms. The maximum atomic E-state index is 14.2. The number of Topliss-reactive ketones (excluding diaryl/α,β-unsaturated/α-hetero) is 1. The molecule has 0 saturated carbocycles. The highest BCUT2D eigenvalue weighted by molar-refractivity contribution is 7.89. The first-order valence-electron chi connectivity index (χ1n) is 11.9. The number of carboxylic acid groups (broad SMARTS) is 1. The zero-order valence-corrected chi connectivity index (χ0v) is 23.0. The van der Waals surface area contributed by atoms with Crippen molar-refractivity contribution >= 4 is 45.0 Å². The quantitative estimate of drug-likeness (QED) is 0.287. The van der Waals surface area contributed by atoms with Gasteiger partial charge in [-0.25, -0.2) is 17.5 Å². The Balaban J connectivity index is 1.79. The van der Waals surface area contributed by atoms with Gasteiger partial charge in [0.2, 0.25) is 10.0 Å². The van der Waals surface area contributed by atoms with Crippen molar-refractivity contribution in [2.45, 2.75) is 29.8 Å². The van der Waals surface area contributed by atoms with E-state index in [1.165, 1.54) is 49.6 Å². The first-order valence-corrected chi connectivity index (χ1v) is 14.2. The Morgan fingerprint density at radius 1 is 1.10 bits per heavy atom. The number of sulfonamides is 1. The Morgan fingerprint density at radius 3 is 2.33 bits per heavy atom. The molecule has 0 aromatic heterocycles. The molecule has 0 aliphatic carbocycles. The minimum absolute atomic E-state index is 0.0197. The Hall–Kier alpha value is -3.02. The van der Waals surface area contributed by atoms with Crippen LogP contribution in [-0.4, -0.2) is 45.0 Å². The molecule has 0 spiro atoms. The van der Waals surface area contributed by atoms with E-state index < -0.39 is 45.6 Å². The van der Waals surface area contributed by atoms with E-state index in [0.29, 0.717) is 30.5 Å². The van der Waals surface area contributed by atoms with Gasteiger partial charge >= 0.3 is 5.97 Å². The Bertz CT molecular complexity index is 1470. The van der Waals surface area contributed by atoms with Crippen LogP contribution in [0.3, 0.4) is 0 Å². The lowest BCUT2D eigenvalue weighted by atomic mass is 9.86. The van der Waals surface area contributed by atoms with Crippen LogP contribution in [0.4, 0.5) is 4.39 Å². The number of hydrogen-bond donors (Lipinski definition) is 3. The van der Waals surface area contributed by atoms with Crippen LogP contribution in [0.5, 0.6) is 5.75 Å². The minimum Gasteiger partial charge on any atom is -0.493 e. The largest absolute Gasteiger partial charge is 0.493 e. The third-order valence-electron chi connectivity index (χ3n) is 6.49. The maximum absolute atomic E-state index is 14.2. The zero-order chi connectivity index (χ0) is 28.3. The summed E-state index contributed by atoms with van der Waals surface area (Å²) in [6.07, 6.45) is 1.12. The summed E-state index contributed by atoms with van der Waals surface area (Å²) in [5.74, 6) is -4.43. The lowest BCUT2D eigenvalue weighted by molar-refractivity contribution is -0.148. The van der Waals surface area contributed by atoms with Crippen LogP contribution in [0.1, 0.15) is 24.4 Å². The van der Waals surface area contributed by atoms with Gasteiger partial charge < -0.3 is 15.2 Å². The van der Waals surface area contributed by atoms with Crippen molar-refractivity contribution in [2.75, 3.05) is 13.7 Å². The summed E-state index contributed by atoms with van der Waals surface area (Å²) in [5.41, 5.74) is 1.19. The van der Waals surface area contributed by atoms with Gasteiger partial charge in [-0.3, -0.25) is 9.59 Å². The van der Waals surface area contributed by atoms with E-state index in [9.17, 15) is 27.5 Å². The molecule has 1 aliphatic rings. The van der Waals surface area contributed by atoms with E-state index >= 15 is 0 Å². The second-order valence-corrected chi connectivity index (χ2v) is 11.6. The topological polar surface area (TPSA) is 122 Å². The van der Waals surface area contributed by atoms with Crippen molar-refractivity contribution in [3.05, 3.63) is 82.1 Å². The van der Waals surface area contributed by atoms with Gasteiger partial charge in [-0.1, -0.05) is 59.6 Å². The Kier molecular flexibility index (Phi) is 8.93.